The smallest absolute Gasteiger partial charge is 0.307 e. The number of nitrogens with zero attached hydrogens (tertiary/aromatic N) is 3. The van der Waals surface area contributed by atoms with E-state index < -0.39 is 11.0 Å². The lowest BCUT2D eigenvalue weighted by Crippen LogP contribution is -2.36. The molecule has 112 valence electrons. The fourth-order valence-electron chi connectivity index (χ4n) is 1.91. The van der Waals surface area contributed by atoms with Gasteiger partial charge in [0.05, 0.1) is 11.0 Å². The molecule has 2 heterocycles. The van der Waals surface area contributed by atoms with Crippen LogP contribution in [0.4, 0.5) is 5.69 Å². The Balaban J connectivity index is 0.00000200. The van der Waals surface area contributed by atoms with Crippen molar-refractivity contribution >= 4 is 24.0 Å². The van der Waals surface area contributed by atoms with Gasteiger partial charge in [-0.15, -0.1) is 12.4 Å². The quantitative estimate of drug-likeness (QED) is 0.469. The van der Waals surface area contributed by atoms with Crippen molar-refractivity contribution in [2.24, 2.45) is 5.92 Å². The molecule has 0 bridgehead atoms. The number of nitro groups is 1. The van der Waals surface area contributed by atoms with Crippen LogP contribution in [-0.2, 0) is 11.3 Å². The molecule has 3 N–H and O–H groups in total. The zero-order valence-electron chi connectivity index (χ0n) is 10.6. The first-order valence-electron chi connectivity index (χ1n) is 5.88. The van der Waals surface area contributed by atoms with E-state index in [-0.39, 0.29) is 36.5 Å². The van der Waals surface area contributed by atoms with E-state index >= 15 is 0 Å². The molecule has 1 aliphatic heterocycles. The largest absolute Gasteiger partial charge is 0.391 e. The topological polar surface area (TPSA) is 122 Å². The highest BCUT2D eigenvalue weighted by molar-refractivity contribution is 5.85. The third-order valence-corrected chi connectivity index (χ3v) is 3.00. The van der Waals surface area contributed by atoms with Gasteiger partial charge in [0.2, 0.25) is 5.91 Å². The lowest BCUT2D eigenvalue weighted by Gasteiger charge is -2.13. The SMILES string of the molecule is Cl.O=C(Cn1cc([N+](=O)[O-])cn1)NCC1CNCC1O. The Labute approximate surface area is 120 Å². The van der Waals surface area contributed by atoms with Gasteiger partial charge in [-0.3, -0.25) is 19.6 Å². The Morgan fingerprint density at radius 3 is 2.95 bits per heavy atom. The molecule has 1 aromatic rings. The highest BCUT2D eigenvalue weighted by Crippen LogP contribution is 2.08. The number of amides is 1. The van der Waals surface area contributed by atoms with Crippen LogP contribution < -0.4 is 10.6 Å². The van der Waals surface area contributed by atoms with Gasteiger partial charge in [0.25, 0.3) is 0 Å². The number of hydrogen-bond donors (Lipinski definition) is 3. The maximum absolute atomic E-state index is 11.6. The first kappa shape index (κ1) is 16.3. The van der Waals surface area contributed by atoms with Gasteiger partial charge in [-0.1, -0.05) is 0 Å². The van der Waals surface area contributed by atoms with Gasteiger partial charge in [-0.2, -0.15) is 5.10 Å². The zero-order valence-corrected chi connectivity index (χ0v) is 11.4. The highest BCUT2D eigenvalue weighted by atomic mass is 35.5. The maximum atomic E-state index is 11.6. The van der Waals surface area contributed by atoms with E-state index in [0.717, 1.165) is 6.20 Å². The van der Waals surface area contributed by atoms with Crippen LogP contribution in [0, 0.1) is 16.0 Å². The summed E-state index contributed by atoms with van der Waals surface area (Å²) in [6.45, 7) is 1.49. The molecule has 2 rings (SSSR count). The molecule has 1 fully saturated rings. The van der Waals surface area contributed by atoms with Crippen LogP contribution in [0.2, 0.25) is 0 Å². The molecule has 0 radical (unpaired) electrons. The molecule has 0 aliphatic carbocycles. The van der Waals surface area contributed by atoms with Crippen molar-refractivity contribution in [3.63, 3.8) is 0 Å². The van der Waals surface area contributed by atoms with E-state index in [0.29, 0.717) is 19.6 Å². The van der Waals surface area contributed by atoms with Crippen LogP contribution in [0.15, 0.2) is 12.4 Å². The fraction of sp³-hybridized carbons (Fsp3) is 0.600. The number of nitrogens with one attached hydrogen (secondary N) is 2. The molecule has 10 heteroatoms. The van der Waals surface area contributed by atoms with Crippen LogP contribution in [0.25, 0.3) is 0 Å². The van der Waals surface area contributed by atoms with Gasteiger partial charge in [0.15, 0.2) is 0 Å². The first-order valence-corrected chi connectivity index (χ1v) is 5.88. The molecule has 2 unspecified atom stereocenters. The molecule has 20 heavy (non-hydrogen) atoms. The van der Waals surface area contributed by atoms with Gasteiger partial charge in [0, 0.05) is 25.6 Å². The lowest BCUT2D eigenvalue weighted by atomic mass is 10.1. The second kappa shape index (κ2) is 7.17. The summed E-state index contributed by atoms with van der Waals surface area (Å²) in [4.78, 5) is 21.5. The van der Waals surface area contributed by atoms with E-state index in [1.807, 2.05) is 0 Å². The van der Waals surface area contributed by atoms with Crippen LogP contribution >= 0.6 is 12.4 Å². The second-order valence-corrected chi connectivity index (χ2v) is 4.44. The lowest BCUT2D eigenvalue weighted by molar-refractivity contribution is -0.385. The van der Waals surface area contributed by atoms with Crippen LogP contribution in [0.3, 0.4) is 0 Å². The minimum atomic E-state index is -0.568. The molecule has 0 saturated carbocycles. The monoisotopic (exact) mass is 305 g/mol. The number of halogens is 1. The average Bonchev–Trinajstić information content (AvgIpc) is 2.96. The van der Waals surface area contributed by atoms with Gasteiger partial charge >= 0.3 is 5.69 Å². The number of aliphatic hydroxyl groups excluding tert-OH is 1. The minimum absolute atomic E-state index is 0. The molecule has 2 atom stereocenters. The number of aromatic nitrogens is 2. The number of carbonyl (C=O) groups excluding carboxylic acids is 1. The number of β-amino-alcohol motifs (C(OH)–C–C–N with tert-alkyl or cyclic N) is 1. The molecular weight excluding hydrogens is 290 g/mol. The van der Waals surface area contributed by atoms with E-state index in [1.165, 1.54) is 10.9 Å². The van der Waals surface area contributed by atoms with Crippen LogP contribution in [0.1, 0.15) is 0 Å². The van der Waals surface area contributed by atoms with E-state index in [9.17, 15) is 20.0 Å². The molecule has 1 aliphatic rings. The van der Waals surface area contributed by atoms with Crippen molar-refractivity contribution in [3.05, 3.63) is 22.5 Å². The molecule has 0 aromatic carbocycles. The standard InChI is InChI=1S/C10H15N5O4.ClH/c16-9-4-11-1-7(9)2-12-10(17)6-14-5-8(3-13-14)15(18)19;/h3,5,7,9,11,16H,1-2,4,6H2,(H,12,17);1H. The number of carbonyl (C=O) groups is 1. The summed E-state index contributed by atoms with van der Waals surface area (Å²) in [5.41, 5.74) is -0.150. The van der Waals surface area contributed by atoms with Crippen molar-refractivity contribution in [2.75, 3.05) is 19.6 Å². The average molecular weight is 306 g/mol. The summed E-state index contributed by atoms with van der Waals surface area (Å²) in [6.07, 6.45) is 1.84. The fourth-order valence-corrected chi connectivity index (χ4v) is 1.91. The molecular formula is C10H16ClN5O4. The Bertz CT molecular complexity index is 480. The van der Waals surface area contributed by atoms with E-state index in [2.05, 4.69) is 15.7 Å². The van der Waals surface area contributed by atoms with Crippen molar-refractivity contribution in [3.8, 4) is 0 Å². The van der Waals surface area contributed by atoms with Crippen molar-refractivity contribution < 1.29 is 14.8 Å². The molecule has 1 amide bonds. The molecule has 1 saturated heterocycles. The predicted molar refractivity (Wildman–Crippen MR) is 71.5 cm³/mol. The predicted octanol–water partition coefficient (Wildman–Crippen LogP) is -1.09. The second-order valence-electron chi connectivity index (χ2n) is 4.44. The van der Waals surface area contributed by atoms with Crippen molar-refractivity contribution in [1.82, 2.24) is 20.4 Å². The Morgan fingerprint density at radius 1 is 1.65 bits per heavy atom. The minimum Gasteiger partial charge on any atom is -0.391 e. The molecule has 0 spiro atoms. The van der Waals surface area contributed by atoms with Crippen molar-refractivity contribution in [1.29, 1.82) is 0 Å². The van der Waals surface area contributed by atoms with Crippen LogP contribution in [0.5, 0.6) is 0 Å². The summed E-state index contributed by atoms with van der Waals surface area (Å²) < 4.78 is 1.21. The molecule has 9 nitrogen and oxygen atoms in total. The highest BCUT2D eigenvalue weighted by Gasteiger charge is 2.25. The van der Waals surface area contributed by atoms with Crippen molar-refractivity contribution in [2.45, 2.75) is 12.6 Å². The summed E-state index contributed by atoms with van der Waals surface area (Å²) in [6, 6.07) is 0. The summed E-state index contributed by atoms with van der Waals surface area (Å²) in [5, 5.41) is 29.4. The Morgan fingerprint density at radius 2 is 2.40 bits per heavy atom. The van der Waals surface area contributed by atoms with E-state index in [1.54, 1.807) is 0 Å². The van der Waals surface area contributed by atoms with Gasteiger partial charge in [-0.05, 0) is 0 Å². The number of hydrogen-bond acceptors (Lipinski definition) is 6. The van der Waals surface area contributed by atoms with Gasteiger partial charge in [-0.25, -0.2) is 0 Å². The summed E-state index contributed by atoms with van der Waals surface area (Å²) in [5.74, 6) is -0.298. The third-order valence-electron chi connectivity index (χ3n) is 3.00. The number of rotatable bonds is 5. The first-order chi connectivity index (χ1) is 9.06. The number of aliphatic hydroxyl groups is 1. The summed E-state index contributed by atoms with van der Waals surface area (Å²) in [7, 11) is 0. The molecule has 1 aromatic heterocycles. The van der Waals surface area contributed by atoms with E-state index in [4.69, 9.17) is 0 Å². The normalized spacial score (nSPS) is 21.2. The van der Waals surface area contributed by atoms with Gasteiger partial charge in [0.1, 0.15) is 18.9 Å². The third kappa shape index (κ3) is 4.15. The Kier molecular flexibility index (Phi) is 5.86. The Hall–Kier alpha value is -1.71. The zero-order chi connectivity index (χ0) is 13.8. The van der Waals surface area contributed by atoms with Crippen LogP contribution in [-0.4, -0.2) is 51.5 Å². The maximum Gasteiger partial charge on any atom is 0.307 e. The summed E-state index contributed by atoms with van der Waals surface area (Å²) >= 11 is 0. The van der Waals surface area contributed by atoms with Gasteiger partial charge < -0.3 is 15.7 Å².